The van der Waals surface area contributed by atoms with E-state index in [-0.39, 0.29) is 5.92 Å². The van der Waals surface area contributed by atoms with E-state index in [1.165, 1.54) is 0 Å². The van der Waals surface area contributed by atoms with Crippen molar-refractivity contribution < 1.29 is 9.26 Å². The average Bonchev–Trinajstić information content (AvgIpc) is 3.44. The van der Waals surface area contributed by atoms with Crippen molar-refractivity contribution in [2.75, 3.05) is 13.7 Å². The zero-order valence-electron chi connectivity index (χ0n) is 17.0. The molecule has 154 valence electrons. The molecule has 0 N–H and O–H groups in total. The molecule has 0 fully saturated rings. The smallest absolute Gasteiger partial charge is 0.278 e. The van der Waals surface area contributed by atoms with Crippen LogP contribution in [0.5, 0.6) is 0 Å². The third kappa shape index (κ3) is 3.12. The number of nitrogens with zero attached hydrogens (tertiary/aromatic N) is 6. The van der Waals surface area contributed by atoms with Gasteiger partial charge in [0.15, 0.2) is 11.5 Å². The van der Waals surface area contributed by atoms with E-state index in [9.17, 15) is 0 Å². The lowest BCUT2D eigenvalue weighted by Gasteiger charge is -2.10. The molecule has 9 heteroatoms. The molecule has 8 nitrogen and oxygen atoms in total. The number of hydrogen-bond donors (Lipinski definition) is 0. The summed E-state index contributed by atoms with van der Waals surface area (Å²) in [5.41, 5.74) is 5.58. The van der Waals surface area contributed by atoms with Crippen molar-refractivity contribution >= 4 is 11.6 Å². The standard InChI is InChI=1S/C21H21ClN6O2/c1-12(2)20-24-21(30-26-20)19-17-8-13-10-27(6-7-29-3)25-18(13)15-9-14(22)4-5-16(15)28(17)11-23-19/h4-5,9-12H,6-8H2,1-3H3. The third-order valence-electron chi connectivity index (χ3n) is 5.22. The zero-order valence-corrected chi connectivity index (χ0v) is 17.7. The Balaban J connectivity index is 1.68. The van der Waals surface area contributed by atoms with E-state index in [0.29, 0.717) is 42.0 Å². The minimum Gasteiger partial charge on any atom is -0.383 e. The van der Waals surface area contributed by atoms with Gasteiger partial charge in [0, 0.05) is 41.8 Å². The van der Waals surface area contributed by atoms with Crippen LogP contribution >= 0.6 is 11.6 Å². The number of benzene rings is 1. The third-order valence-corrected chi connectivity index (χ3v) is 5.46. The molecule has 0 bridgehead atoms. The molecule has 5 rings (SSSR count). The number of halogens is 1. The summed E-state index contributed by atoms with van der Waals surface area (Å²) in [4.78, 5) is 9.17. The van der Waals surface area contributed by atoms with E-state index in [1.807, 2.05) is 36.7 Å². The summed E-state index contributed by atoms with van der Waals surface area (Å²) in [5, 5.41) is 9.58. The number of rotatable bonds is 5. The quantitative estimate of drug-likeness (QED) is 0.422. The van der Waals surface area contributed by atoms with Gasteiger partial charge in [-0.05, 0) is 18.2 Å². The van der Waals surface area contributed by atoms with Crippen LogP contribution in [-0.4, -0.2) is 43.2 Å². The van der Waals surface area contributed by atoms with Gasteiger partial charge >= 0.3 is 0 Å². The predicted molar refractivity (Wildman–Crippen MR) is 112 cm³/mol. The summed E-state index contributed by atoms with van der Waals surface area (Å²) in [6.07, 6.45) is 4.48. The van der Waals surface area contributed by atoms with Crippen molar-refractivity contribution in [3.05, 3.63) is 52.8 Å². The second kappa shape index (κ2) is 7.37. The molecule has 0 unspecified atom stereocenters. The fourth-order valence-electron chi connectivity index (χ4n) is 3.70. The van der Waals surface area contributed by atoms with Crippen LogP contribution in [0.2, 0.25) is 5.02 Å². The molecule has 0 aliphatic carbocycles. The van der Waals surface area contributed by atoms with E-state index in [0.717, 1.165) is 28.2 Å². The highest BCUT2D eigenvalue weighted by Crippen LogP contribution is 2.38. The number of imidazole rings is 1. The van der Waals surface area contributed by atoms with Crippen LogP contribution < -0.4 is 0 Å². The Morgan fingerprint density at radius 1 is 1.27 bits per heavy atom. The van der Waals surface area contributed by atoms with Crippen LogP contribution in [0.3, 0.4) is 0 Å². The van der Waals surface area contributed by atoms with Crippen molar-refractivity contribution in [1.82, 2.24) is 29.5 Å². The topological polar surface area (TPSA) is 83.8 Å². The van der Waals surface area contributed by atoms with Gasteiger partial charge in [-0.25, -0.2) is 4.98 Å². The van der Waals surface area contributed by atoms with E-state index >= 15 is 0 Å². The van der Waals surface area contributed by atoms with Crippen LogP contribution in [0.25, 0.3) is 28.5 Å². The lowest BCUT2D eigenvalue weighted by Crippen LogP contribution is -2.05. The van der Waals surface area contributed by atoms with Gasteiger partial charge in [-0.3, -0.25) is 4.68 Å². The maximum atomic E-state index is 6.33. The van der Waals surface area contributed by atoms with Gasteiger partial charge in [0.2, 0.25) is 0 Å². The van der Waals surface area contributed by atoms with Gasteiger partial charge in [0.05, 0.1) is 30.2 Å². The van der Waals surface area contributed by atoms with Gasteiger partial charge in [0.25, 0.3) is 5.89 Å². The fourth-order valence-corrected chi connectivity index (χ4v) is 3.87. The molecule has 1 aliphatic rings. The number of hydrogen-bond acceptors (Lipinski definition) is 6. The normalized spacial score (nSPS) is 12.6. The van der Waals surface area contributed by atoms with Crippen LogP contribution in [0.4, 0.5) is 0 Å². The molecule has 0 spiro atoms. The molecular weight excluding hydrogens is 404 g/mol. The number of methoxy groups -OCH3 is 1. The highest BCUT2D eigenvalue weighted by atomic mass is 35.5. The number of aromatic nitrogens is 6. The molecule has 1 aliphatic heterocycles. The second-order valence-electron chi connectivity index (χ2n) is 7.62. The highest BCUT2D eigenvalue weighted by Gasteiger charge is 2.27. The van der Waals surface area contributed by atoms with E-state index in [2.05, 4.69) is 25.9 Å². The first-order chi connectivity index (χ1) is 14.5. The first kappa shape index (κ1) is 19.0. The Morgan fingerprint density at radius 3 is 2.90 bits per heavy atom. The van der Waals surface area contributed by atoms with Crippen LogP contribution in [-0.2, 0) is 17.7 Å². The second-order valence-corrected chi connectivity index (χ2v) is 8.06. The maximum Gasteiger partial charge on any atom is 0.278 e. The SMILES string of the molecule is COCCn1cc2c(n1)-c1cc(Cl)ccc1-n1cnc(-c3nc(C(C)C)no3)c1C2. The lowest BCUT2D eigenvalue weighted by atomic mass is 10.0. The molecule has 4 heterocycles. The van der Waals surface area contributed by atoms with Crippen LogP contribution in [0.1, 0.15) is 36.8 Å². The van der Waals surface area contributed by atoms with Crippen molar-refractivity contribution in [3.8, 4) is 28.5 Å². The molecule has 0 saturated carbocycles. The lowest BCUT2D eigenvalue weighted by molar-refractivity contribution is 0.183. The van der Waals surface area contributed by atoms with Gasteiger partial charge in [0.1, 0.15) is 6.33 Å². The Bertz CT molecular complexity index is 1220. The summed E-state index contributed by atoms with van der Waals surface area (Å²) >= 11 is 6.33. The molecule has 0 atom stereocenters. The fraction of sp³-hybridized carbons (Fsp3) is 0.333. The molecule has 0 radical (unpaired) electrons. The van der Waals surface area contributed by atoms with E-state index in [1.54, 1.807) is 13.4 Å². The maximum absolute atomic E-state index is 6.33. The molecule has 3 aromatic heterocycles. The van der Waals surface area contributed by atoms with E-state index < -0.39 is 0 Å². The van der Waals surface area contributed by atoms with Crippen molar-refractivity contribution in [3.63, 3.8) is 0 Å². The number of ether oxygens (including phenoxy) is 1. The monoisotopic (exact) mass is 424 g/mol. The largest absolute Gasteiger partial charge is 0.383 e. The minimum atomic E-state index is 0.178. The predicted octanol–water partition coefficient (Wildman–Crippen LogP) is 4.11. The molecule has 1 aromatic carbocycles. The molecule has 0 amide bonds. The van der Waals surface area contributed by atoms with Crippen LogP contribution in [0, 0.1) is 0 Å². The van der Waals surface area contributed by atoms with Gasteiger partial charge in [-0.1, -0.05) is 30.6 Å². The molecular formula is C21H21ClN6O2. The summed E-state index contributed by atoms with van der Waals surface area (Å²) in [6.45, 7) is 5.32. The van der Waals surface area contributed by atoms with Crippen molar-refractivity contribution in [1.29, 1.82) is 0 Å². The zero-order chi connectivity index (χ0) is 20.8. The van der Waals surface area contributed by atoms with Gasteiger partial charge in [-0.2, -0.15) is 10.1 Å². The average molecular weight is 425 g/mol. The van der Waals surface area contributed by atoms with E-state index in [4.69, 9.17) is 26.0 Å². The van der Waals surface area contributed by atoms with Gasteiger partial charge in [-0.15, -0.1) is 0 Å². The number of fused-ring (bicyclic) bond motifs is 5. The highest BCUT2D eigenvalue weighted by molar-refractivity contribution is 6.31. The summed E-state index contributed by atoms with van der Waals surface area (Å²) in [6, 6.07) is 5.81. The van der Waals surface area contributed by atoms with Crippen molar-refractivity contribution in [2.24, 2.45) is 0 Å². The Morgan fingerprint density at radius 2 is 2.13 bits per heavy atom. The molecule has 4 aromatic rings. The summed E-state index contributed by atoms with van der Waals surface area (Å²) in [7, 11) is 1.68. The summed E-state index contributed by atoms with van der Waals surface area (Å²) < 4.78 is 14.7. The first-order valence-corrected chi connectivity index (χ1v) is 10.2. The summed E-state index contributed by atoms with van der Waals surface area (Å²) in [5.74, 6) is 1.27. The Kier molecular flexibility index (Phi) is 4.67. The molecule has 30 heavy (non-hydrogen) atoms. The first-order valence-electron chi connectivity index (χ1n) is 9.81. The Labute approximate surface area is 178 Å². The minimum absolute atomic E-state index is 0.178. The van der Waals surface area contributed by atoms with Crippen LogP contribution in [0.15, 0.2) is 35.2 Å². The Hall–Kier alpha value is -2.97. The van der Waals surface area contributed by atoms with Crippen molar-refractivity contribution in [2.45, 2.75) is 32.7 Å². The molecule has 0 saturated heterocycles. The van der Waals surface area contributed by atoms with Gasteiger partial charge < -0.3 is 13.8 Å².